The minimum Gasteiger partial charge on any atom is -0.312 e. The van der Waals surface area contributed by atoms with Gasteiger partial charge in [0, 0.05) is 28.2 Å². The smallest absolute Gasteiger partial charge is 0.247 e. The largest absolute Gasteiger partial charge is 0.312 e. The molecule has 43 heavy (non-hydrogen) atoms. The number of rotatable bonds is 7. The molecule has 1 aliphatic rings. The molecule has 0 unspecified atom stereocenters. The van der Waals surface area contributed by atoms with Crippen LogP contribution in [0, 0.1) is 0 Å². The first-order valence-electron chi connectivity index (χ1n) is 15.6. The Labute approximate surface area is 257 Å². The zero-order chi connectivity index (χ0) is 30.2. The van der Waals surface area contributed by atoms with E-state index < -0.39 is 0 Å². The van der Waals surface area contributed by atoms with Crippen LogP contribution in [0.4, 0.5) is 17.1 Å². The summed E-state index contributed by atoms with van der Waals surface area (Å²) < 4.78 is 0. The summed E-state index contributed by atoms with van der Waals surface area (Å²) in [5.74, 6) is 1.32. The van der Waals surface area contributed by atoms with Crippen molar-refractivity contribution in [3.05, 3.63) is 143 Å². The third-order valence-corrected chi connectivity index (χ3v) is 8.87. The summed E-state index contributed by atoms with van der Waals surface area (Å²) in [6, 6.07) is 40.2. The van der Waals surface area contributed by atoms with E-state index in [2.05, 4.69) is 119 Å². The van der Waals surface area contributed by atoms with Crippen LogP contribution in [-0.4, -0.2) is 12.5 Å². The molecule has 5 aromatic carbocycles. The molecular formula is C40H40BNO. The zero-order valence-electron chi connectivity index (χ0n) is 26.1. The molecule has 1 heterocycles. The first kappa shape index (κ1) is 28.7. The van der Waals surface area contributed by atoms with Crippen molar-refractivity contribution in [2.45, 2.75) is 59.3 Å². The maximum absolute atomic E-state index is 13.2. The molecule has 0 aliphatic carbocycles. The molecule has 0 bridgehead atoms. The number of carbonyl (C=O) groups excluding carboxylic acids is 1. The lowest BCUT2D eigenvalue weighted by atomic mass is 9.33. The Morgan fingerprint density at radius 2 is 1.02 bits per heavy atom. The maximum atomic E-state index is 13.2. The predicted molar refractivity (Wildman–Crippen MR) is 184 cm³/mol. The van der Waals surface area contributed by atoms with Gasteiger partial charge in [0.25, 0.3) is 0 Å². The van der Waals surface area contributed by atoms with Gasteiger partial charge in [0.1, 0.15) is 0 Å². The Balaban J connectivity index is 1.53. The molecule has 0 amide bonds. The number of ketones is 1. The minimum atomic E-state index is 0.0407. The van der Waals surface area contributed by atoms with Crippen molar-refractivity contribution in [2.75, 3.05) is 4.90 Å². The van der Waals surface area contributed by atoms with Crippen molar-refractivity contribution < 1.29 is 4.79 Å². The van der Waals surface area contributed by atoms with Crippen molar-refractivity contribution in [1.29, 1.82) is 0 Å². The van der Waals surface area contributed by atoms with Gasteiger partial charge < -0.3 is 4.90 Å². The van der Waals surface area contributed by atoms with Gasteiger partial charge in [-0.3, -0.25) is 4.79 Å². The van der Waals surface area contributed by atoms with E-state index in [0.29, 0.717) is 28.9 Å². The van der Waals surface area contributed by atoms with Gasteiger partial charge in [0.05, 0.1) is 0 Å². The van der Waals surface area contributed by atoms with Gasteiger partial charge in [-0.05, 0) is 81.8 Å². The second-order valence-corrected chi connectivity index (χ2v) is 12.7. The van der Waals surface area contributed by atoms with Gasteiger partial charge in [0.2, 0.25) is 6.71 Å². The monoisotopic (exact) mass is 561 g/mol. The Bertz CT molecular complexity index is 1690. The van der Waals surface area contributed by atoms with Gasteiger partial charge in [-0.15, -0.1) is 0 Å². The van der Waals surface area contributed by atoms with Crippen molar-refractivity contribution in [2.24, 2.45) is 0 Å². The first-order valence-corrected chi connectivity index (χ1v) is 15.6. The summed E-state index contributed by atoms with van der Waals surface area (Å²) in [4.78, 5) is 15.5. The molecule has 0 radical (unpaired) electrons. The average molecular weight is 562 g/mol. The maximum Gasteiger partial charge on any atom is 0.247 e. The molecule has 5 aromatic rings. The average Bonchev–Trinajstić information content (AvgIpc) is 3.03. The van der Waals surface area contributed by atoms with Gasteiger partial charge in [0.15, 0.2) is 5.78 Å². The number of fused-ring (bicyclic) bond motifs is 2. The van der Waals surface area contributed by atoms with Crippen LogP contribution in [0.15, 0.2) is 115 Å². The van der Waals surface area contributed by atoms with E-state index in [9.17, 15) is 4.79 Å². The SMILES string of the molecule is CC(C)c1cc(C(C)C)c(B2c3ccccc3N(c3ccc(C(=O)c4ccccc4)cc3)c3ccccc32)c(C(C)C)c1. The summed E-state index contributed by atoms with van der Waals surface area (Å²) >= 11 is 0. The van der Waals surface area contributed by atoms with Crippen molar-refractivity contribution in [1.82, 2.24) is 0 Å². The summed E-state index contributed by atoms with van der Waals surface area (Å²) in [5, 5.41) is 0. The summed E-state index contributed by atoms with van der Waals surface area (Å²) in [6.07, 6.45) is 0. The second kappa shape index (κ2) is 11.7. The van der Waals surface area contributed by atoms with Crippen LogP contribution >= 0.6 is 0 Å². The van der Waals surface area contributed by atoms with Crippen LogP contribution in [0.2, 0.25) is 0 Å². The quantitative estimate of drug-likeness (QED) is 0.144. The Morgan fingerprint density at radius 3 is 1.51 bits per heavy atom. The zero-order valence-corrected chi connectivity index (χ0v) is 26.1. The molecule has 0 saturated heterocycles. The van der Waals surface area contributed by atoms with Gasteiger partial charge in [-0.2, -0.15) is 0 Å². The number of hydrogen-bond acceptors (Lipinski definition) is 2. The number of para-hydroxylation sites is 2. The molecule has 2 nitrogen and oxygen atoms in total. The molecule has 0 saturated carbocycles. The second-order valence-electron chi connectivity index (χ2n) is 12.7. The third-order valence-electron chi connectivity index (χ3n) is 8.87. The predicted octanol–water partition coefficient (Wildman–Crippen LogP) is 8.59. The first-order chi connectivity index (χ1) is 20.8. The molecule has 0 spiro atoms. The van der Waals surface area contributed by atoms with E-state index >= 15 is 0 Å². The van der Waals surface area contributed by atoms with E-state index in [0.717, 1.165) is 5.69 Å². The fraction of sp³-hybridized carbons (Fsp3) is 0.225. The van der Waals surface area contributed by atoms with E-state index in [-0.39, 0.29) is 12.5 Å². The van der Waals surface area contributed by atoms with Crippen LogP contribution in [-0.2, 0) is 0 Å². The molecule has 6 rings (SSSR count). The number of nitrogens with zero attached hydrogens (tertiary/aromatic N) is 1. The standard InChI is InChI=1S/C40H40BNO/c1-26(2)31-24-33(27(3)4)39(34(25-31)28(5)6)41-35-16-10-12-18-37(35)42(38-19-13-11-17-36(38)41)32-22-20-30(21-23-32)40(43)29-14-8-7-9-15-29/h7-28H,1-6H3. The fourth-order valence-corrected chi connectivity index (χ4v) is 6.62. The molecule has 0 atom stereocenters. The van der Waals surface area contributed by atoms with Crippen molar-refractivity contribution in [3.8, 4) is 0 Å². The van der Waals surface area contributed by atoms with E-state index in [1.165, 1.54) is 44.5 Å². The molecule has 3 heteroatoms. The van der Waals surface area contributed by atoms with Crippen LogP contribution in [0.25, 0.3) is 0 Å². The normalized spacial score (nSPS) is 12.6. The summed E-state index contributed by atoms with van der Waals surface area (Å²) in [6.45, 7) is 14.0. The molecule has 0 aromatic heterocycles. The topological polar surface area (TPSA) is 20.3 Å². The highest BCUT2D eigenvalue weighted by atomic mass is 16.1. The van der Waals surface area contributed by atoms with E-state index in [1.807, 2.05) is 42.5 Å². The number of carbonyl (C=O) groups is 1. The molecule has 0 fully saturated rings. The minimum absolute atomic E-state index is 0.0407. The highest BCUT2D eigenvalue weighted by molar-refractivity contribution is 6.98. The van der Waals surface area contributed by atoms with E-state index in [4.69, 9.17) is 0 Å². The summed E-state index contributed by atoms with van der Waals surface area (Å²) in [7, 11) is 0. The lowest BCUT2D eigenvalue weighted by Crippen LogP contribution is -2.59. The number of hydrogen-bond donors (Lipinski definition) is 0. The fourth-order valence-electron chi connectivity index (χ4n) is 6.62. The van der Waals surface area contributed by atoms with Gasteiger partial charge >= 0.3 is 0 Å². The summed E-state index contributed by atoms with van der Waals surface area (Å²) in [5.41, 5.74) is 13.2. The van der Waals surface area contributed by atoms with Crippen molar-refractivity contribution >= 4 is 45.9 Å². The Hall–Kier alpha value is -4.37. The molecule has 1 aliphatic heterocycles. The number of benzene rings is 5. The lowest BCUT2D eigenvalue weighted by molar-refractivity contribution is 0.103. The van der Waals surface area contributed by atoms with Crippen molar-refractivity contribution in [3.63, 3.8) is 0 Å². The van der Waals surface area contributed by atoms with Crippen LogP contribution in [0.5, 0.6) is 0 Å². The lowest BCUT2D eigenvalue weighted by Gasteiger charge is -2.38. The van der Waals surface area contributed by atoms with Gasteiger partial charge in [-0.1, -0.05) is 126 Å². The highest BCUT2D eigenvalue weighted by Crippen LogP contribution is 2.37. The van der Waals surface area contributed by atoms with Crippen LogP contribution in [0.3, 0.4) is 0 Å². The van der Waals surface area contributed by atoms with Crippen LogP contribution in [0.1, 0.15) is 91.9 Å². The Kier molecular flexibility index (Phi) is 7.84. The molecular weight excluding hydrogens is 521 g/mol. The highest BCUT2D eigenvalue weighted by Gasteiger charge is 2.38. The van der Waals surface area contributed by atoms with E-state index in [1.54, 1.807) is 0 Å². The third kappa shape index (κ3) is 5.23. The van der Waals surface area contributed by atoms with Gasteiger partial charge in [-0.25, -0.2) is 0 Å². The van der Waals surface area contributed by atoms with Crippen LogP contribution < -0.4 is 21.3 Å². The molecule has 0 N–H and O–H groups in total. The number of anilines is 3. The molecule has 214 valence electrons. The Morgan fingerprint density at radius 1 is 0.558 bits per heavy atom.